The number of alkyl halides is 3. The van der Waals surface area contributed by atoms with Gasteiger partial charge in [-0.05, 0) is 48.6 Å². The van der Waals surface area contributed by atoms with Gasteiger partial charge in [-0.2, -0.15) is 13.2 Å². The summed E-state index contributed by atoms with van der Waals surface area (Å²) in [5.74, 6) is 0. The Hall–Kier alpha value is -2.28. The van der Waals surface area contributed by atoms with Gasteiger partial charge < -0.3 is 5.32 Å². The predicted molar refractivity (Wildman–Crippen MR) is 80.9 cm³/mol. The number of benzene rings is 2. The van der Waals surface area contributed by atoms with Crippen molar-refractivity contribution in [2.75, 3.05) is 10.7 Å². The van der Waals surface area contributed by atoms with Crippen molar-refractivity contribution in [3.05, 3.63) is 60.2 Å². The maximum atomic E-state index is 12.4. The van der Waals surface area contributed by atoms with Crippen LogP contribution in [0, 0.1) is 0 Å². The SMILES string of the molecule is FC(F)(F)c1ccc(NNC(=S)Nc2ccccc2)cc1. The van der Waals surface area contributed by atoms with Crippen LogP contribution in [0.25, 0.3) is 0 Å². The van der Waals surface area contributed by atoms with E-state index in [-0.39, 0.29) is 0 Å². The van der Waals surface area contributed by atoms with Crippen molar-refractivity contribution in [2.24, 2.45) is 0 Å². The highest BCUT2D eigenvalue weighted by molar-refractivity contribution is 7.80. The number of hydrogen-bond acceptors (Lipinski definition) is 2. The van der Waals surface area contributed by atoms with Crippen molar-refractivity contribution < 1.29 is 13.2 Å². The van der Waals surface area contributed by atoms with E-state index in [1.165, 1.54) is 12.1 Å². The molecule has 0 atom stereocenters. The average molecular weight is 311 g/mol. The van der Waals surface area contributed by atoms with E-state index in [4.69, 9.17) is 12.2 Å². The van der Waals surface area contributed by atoms with Gasteiger partial charge in [-0.15, -0.1) is 0 Å². The van der Waals surface area contributed by atoms with E-state index >= 15 is 0 Å². The number of para-hydroxylation sites is 1. The largest absolute Gasteiger partial charge is 0.416 e. The van der Waals surface area contributed by atoms with Crippen LogP contribution in [0.2, 0.25) is 0 Å². The Labute approximate surface area is 125 Å². The molecule has 0 aliphatic rings. The zero-order valence-electron chi connectivity index (χ0n) is 10.7. The number of anilines is 2. The lowest BCUT2D eigenvalue weighted by atomic mass is 10.2. The first-order valence-corrected chi connectivity index (χ1v) is 6.41. The fourth-order valence-electron chi connectivity index (χ4n) is 1.56. The molecule has 0 saturated heterocycles. The van der Waals surface area contributed by atoms with Crippen molar-refractivity contribution >= 4 is 28.7 Å². The van der Waals surface area contributed by atoms with E-state index in [0.717, 1.165) is 17.8 Å². The molecule has 0 bridgehead atoms. The van der Waals surface area contributed by atoms with Crippen molar-refractivity contribution in [3.63, 3.8) is 0 Å². The third-order valence-electron chi connectivity index (χ3n) is 2.56. The molecule has 2 aromatic carbocycles. The molecule has 110 valence electrons. The Morgan fingerprint density at radius 1 is 0.857 bits per heavy atom. The smallest absolute Gasteiger partial charge is 0.331 e. The standard InChI is InChI=1S/C14H12F3N3S/c15-14(16,17)10-6-8-12(9-7-10)19-20-13(21)18-11-4-2-1-3-5-11/h1-9,19H,(H2,18,20,21). The Bertz CT molecular complexity index is 597. The summed E-state index contributed by atoms with van der Waals surface area (Å²) in [6.45, 7) is 0. The minimum absolute atomic E-state index is 0.307. The van der Waals surface area contributed by atoms with Crippen molar-refractivity contribution in [1.82, 2.24) is 5.43 Å². The Morgan fingerprint density at radius 3 is 2.05 bits per heavy atom. The summed E-state index contributed by atoms with van der Waals surface area (Å²) >= 11 is 5.06. The first-order valence-electron chi connectivity index (χ1n) is 6.00. The predicted octanol–water partition coefficient (Wildman–Crippen LogP) is 4.02. The molecule has 0 aromatic heterocycles. The molecule has 0 amide bonds. The second-order valence-electron chi connectivity index (χ2n) is 4.15. The van der Waals surface area contributed by atoms with Gasteiger partial charge in [0, 0.05) is 5.69 Å². The van der Waals surface area contributed by atoms with Crippen molar-refractivity contribution in [2.45, 2.75) is 6.18 Å². The molecule has 3 nitrogen and oxygen atoms in total. The van der Waals surface area contributed by atoms with Crippen LogP contribution in [0.1, 0.15) is 5.56 Å². The van der Waals surface area contributed by atoms with Gasteiger partial charge in [0.2, 0.25) is 0 Å². The van der Waals surface area contributed by atoms with Crippen LogP contribution in [0.3, 0.4) is 0 Å². The summed E-state index contributed by atoms with van der Waals surface area (Å²) in [4.78, 5) is 0. The molecular weight excluding hydrogens is 299 g/mol. The number of rotatable bonds is 3. The minimum Gasteiger partial charge on any atom is -0.331 e. The fourth-order valence-corrected chi connectivity index (χ4v) is 1.72. The monoisotopic (exact) mass is 311 g/mol. The summed E-state index contributed by atoms with van der Waals surface area (Å²) < 4.78 is 37.2. The van der Waals surface area contributed by atoms with Crippen molar-refractivity contribution in [1.29, 1.82) is 0 Å². The van der Waals surface area contributed by atoms with E-state index in [2.05, 4.69) is 16.2 Å². The van der Waals surface area contributed by atoms with E-state index < -0.39 is 11.7 Å². The third kappa shape index (κ3) is 4.64. The number of hydrazine groups is 1. The number of thiocarbonyl (C=S) groups is 1. The van der Waals surface area contributed by atoms with Gasteiger partial charge in [0.15, 0.2) is 5.11 Å². The van der Waals surface area contributed by atoms with E-state index in [1.54, 1.807) is 0 Å². The van der Waals surface area contributed by atoms with Crippen LogP contribution in [-0.4, -0.2) is 5.11 Å². The summed E-state index contributed by atoms with van der Waals surface area (Å²) in [6.07, 6.45) is -4.34. The molecule has 0 heterocycles. The Balaban J connectivity index is 1.87. The minimum atomic E-state index is -4.34. The molecule has 0 saturated carbocycles. The Morgan fingerprint density at radius 2 is 1.48 bits per heavy atom. The summed E-state index contributed by atoms with van der Waals surface area (Å²) in [7, 11) is 0. The second kappa shape index (κ2) is 6.45. The zero-order chi connectivity index (χ0) is 15.3. The molecule has 21 heavy (non-hydrogen) atoms. The van der Waals surface area contributed by atoms with Crippen LogP contribution in [-0.2, 0) is 6.18 Å². The maximum absolute atomic E-state index is 12.4. The van der Waals surface area contributed by atoms with Gasteiger partial charge in [0.25, 0.3) is 0 Å². The average Bonchev–Trinajstić information content (AvgIpc) is 2.46. The Kier molecular flexibility index (Phi) is 4.64. The zero-order valence-corrected chi connectivity index (χ0v) is 11.6. The fraction of sp³-hybridized carbons (Fsp3) is 0.0714. The van der Waals surface area contributed by atoms with Crippen LogP contribution < -0.4 is 16.2 Å². The summed E-state index contributed by atoms with van der Waals surface area (Å²) in [5.41, 5.74) is 6.00. The molecule has 0 spiro atoms. The van der Waals surface area contributed by atoms with Crippen LogP contribution in [0.4, 0.5) is 24.5 Å². The quantitative estimate of drug-likeness (QED) is 0.591. The number of nitrogens with one attached hydrogen (secondary N) is 3. The number of halogens is 3. The molecule has 0 unspecified atom stereocenters. The molecule has 7 heteroatoms. The highest BCUT2D eigenvalue weighted by Crippen LogP contribution is 2.29. The number of hydrogen-bond donors (Lipinski definition) is 3. The molecular formula is C14H12F3N3S. The van der Waals surface area contributed by atoms with Gasteiger partial charge in [0.05, 0.1) is 11.3 Å². The van der Waals surface area contributed by atoms with Crippen molar-refractivity contribution in [3.8, 4) is 0 Å². The van der Waals surface area contributed by atoms with Crippen LogP contribution >= 0.6 is 12.2 Å². The molecule has 0 fully saturated rings. The topological polar surface area (TPSA) is 36.1 Å². The van der Waals surface area contributed by atoms with E-state index in [0.29, 0.717) is 10.8 Å². The highest BCUT2D eigenvalue weighted by Gasteiger charge is 2.29. The first-order chi connectivity index (χ1) is 9.95. The molecule has 0 aliphatic heterocycles. The lowest BCUT2D eigenvalue weighted by Gasteiger charge is -2.13. The highest BCUT2D eigenvalue weighted by atomic mass is 32.1. The molecule has 2 aromatic rings. The van der Waals surface area contributed by atoms with Gasteiger partial charge in [-0.25, -0.2) is 0 Å². The van der Waals surface area contributed by atoms with Gasteiger partial charge in [-0.3, -0.25) is 10.9 Å². The molecule has 0 radical (unpaired) electrons. The van der Waals surface area contributed by atoms with Crippen LogP contribution in [0.15, 0.2) is 54.6 Å². The molecule has 2 rings (SSSR count). The lowest BCUT2D eigenvalue weighted by Crippen LogP contribution is -2.33. The lowest BCUT2D eigenvalue weighted by molar-refractivity contribution is -0.137. The molecule has 3 N–H and O–H groups in total. The second-order valence-corrected chi connectivity index (χ2v) is 4.55. The van der Waals surface area contributed by atoms with Gasteiger partial charge in [0.1, 0.15) is 0 Å². The van der Waals surface area contributed by atoms with Gasteiger partial charge >= 0.3 is 6.18 Å². The summed E-state index contributed by atoms with van der Waals surface area (Å²) in [6, 6.07) is 13.9. The third-order valence-corrected chi connectivity index (χ3v) is 2.77. The van der Waals surface area contributed by atoms with E-state index in [1.807, 2.05) is 30.3 Å². The molecule has 0 aliphatic carbocycles. The normalized spacial score (nSPS) is 10.8. The summed E-state index contributed by atoms with van der Waals surface area (Å²) in [5, 5.41) is 3.23. The van der Waals surface area contributed by atoms with Gasteiger partial charge in [-0.1, -0.05) is 18.2 Å². The van der Waals surface area contributed by atoms with E-state index in [9.17, 15) is 13.2 Å². The first kappa shape index (κ1) is 15.1. The maximum Gasteiger partial charge on any atom is 0.416 e. The van der Waals surface area contributed by atoms with Crippen LogP contribution in [0.5, 0.6) is 0 Å².